The lowest BCUT2D eigenvalue weighted by Gasteiger charge is -1.76. The molecule has 0 aromatic rings. The van der Waals surface area contributed by atoms with Crippen LogP contribution < -0.4 is 5.32 Å². The molecule has 0 aliphatic heterocycles. The van der Waals surface area contributed by atoms with Gasteiger partial charge in [0.2, 0.25) is 0 Å². The van der Waals surface area contributed by atoms with Crippen molar-refractivity contribution in [2.45, 2.75) is 14.4 Å². The van der Waals surface area contributed by atoms with Gasteiger partial charge in [-0.1, -0.05) is 14.4 Å². The van der Waals surface area contributed by atoms with Gasteiger partial charge in [0.25, 0.3) is 0 Å². The first kappa shape index (κ1) is 8.88. The van der Waals surface area contributed by atoms with Crippen molar-refractivity contribution in [2.24, 2.45) is 0 Å². The van der Waals surface area contributed by atoms with Gasteiger partial charge in [0.15, 0.2) is 0 Å². The van der Waals surface area contributed by atoms with Gasteiger partial charge in [-0.2, -0.15) is 0 Å². The van der Waals surface area contributed by atoms with Gasteiger partial charge < -0.3 is 5.32 Å². The molecule has 0 saturated heterocycles. The summed E-state index contributed by atoms with van der Waals surface area (Å²) in [5, 5.41) is 2.93. The Labute approximate surface area is 34.4 Å². The lowest BCUT2D eigenvalue weighted by Crippen LogP contribution is -2.01. The highest BCUT2D eigenvalue weighted by molar-refractivity contribution is 4.15. The Morgan fingerprint density at radius 1 is 1.60 bits per heavy atom. The van der Waals surface area contributed by atoms with E-state index in [0.29, 0.717) is 0 Å². The Balaban J connectivity index is 0. The molecule has 0 fully saturated rings. The van der Waals surface area contributed by atoms with Gasteiger partial charge in [-0.25, -0.2) is 0 Å². The van der Waals surface area contributed by atoms with Crippen molar-refractivity contribution in [3.8, 4) is 0 Å². The predicted molar refractivity (Wildman–Crippen MR) is 26.3 cm³/mol. The van der Waals surface area contributed by atoms with Crippen LogP contribution in [-0.2, 0) is 0 Å². The maximum atomic E-state index is 2.93. The zero-order chi connectivity index (χ0) is 3.41. The quantitative estimate of drug-likeness (QED) is 0.487. The van der Waals surface area contributed by atoms with Gasteiger partial charge in [0.05, 0.1) is 0 Å². The lowest BCUT2D eigenvalue weighted by atomic mass is 10.8. The molecule has 0 saturated carbocycles. The van der Waals surface area contributed by atoms with E-state index in [0.717, 1.165) is 6.54 Å². The third-order valence-corrected chi connectivity index (χ3v) is 0.354. The molecule has 0 atom stereocenters. The van der Waals surface area contributed by atoms with Gasteiger partial charge in [-0.3, -0.25) is 0 Å². The first-order valence-corrected chi connectivity index (χ1v) is 1.56. The fourth-order valence-electron chi connectivity index (χ4n) is 0. The predicted octanol–water partition coefficient (Wildman–Crippen LogP) is 0.862. The molecule has 0 aromatic heterocycles. The van der Waals surface area contributed by atoms with E-state index in [4.69, 9.17) is 0 Å². The van der Waals surface area contributed by atoms with Crippen LogP contribution in [0.5, 0.6) is 0 Å². The molecular formula is C4H13N. The highest BCUT2D eigenvalue weighted by Gasteiger charge is 1.50. The molecular weight excluding hydrogens is 62.1 g/mol. The molecule has 0 aliphatic carbocycles. The van der Waals surface area contributed by atoms with Crippen molar-refractivity contribution in [2.75, 3.05) is 13.6 Å². The van der Waals surface area contributed by atoms with E-state index in [1.165, 1.54) is 0 Å². The molecule has 0 bridgehead atoms. The molecule has 0 aromatic carbocycles. The third kappa shape index (κ3) is 16.5. The van der Waals surface area contributed by atoms with Crippen LogP contribution in [0.1, 0.15) is 14.4 Å². The molecule has 0 amide bonds. The topological polar surface area (TPSA) is 12.0 Å². The molecule has 1 heteroatoms. The van der Waals surface area contributed by atoms with Gasteiger partial charge in [-0.05, 0) is 13.6 Å². The maximum Gasteiger partial charge on any atom is -0.00804 e. The van der Waals surface area contributed by atoms with Crippen molar-refractivity contribution in [1.29, 1.82) is 0 Å². The van der Waals surface area contributed by atoms with Gasteiger partial charge in [-0.15, -0.1) is 0 Å². The average molecular weight is 75.2 g/mol. The zero-order valence-corrected chi connectivity index (χ0v) is 3.21. The fourth-order valence-corrected chi connectivity index (χ4v) is 0. The van der Waals surface area contributed by atoms with E-state index >= 15 is 0 Å². The van der Waals surface area contributed by atoms with Gasteiger partial charge >= 0.3 is 0 Å². The molecule has 0 rings (SSSR count). The highest BCUT2D eigenvalue weighted by atomic mass is 14.8. The second kappa shape index (κ2) is 9.03. The summed E-state index contributed by atoms with van der Waals surface area (Å²) < 4.78 is 0. The molecule has 34 valence electrons. The van der Waals surface area contributed by atoms with Crippen LogP contribution in [-0.4, -0.2) is 13.6 Å². The average Bonchev–Trinajstić information content (AvgIpc) is 1.37. The van der Waals surface area contributed by atoms with Crippen LogP contribution in [0, 0.1) is 0 Å². The molecule has 0 aliphatic rings. The third-order valence-electron chi connectivity index (χ3n) is 0.354. The Kier molecular flexibility index (Phi) is 16.0. The summed E-state index contributed by atoms with van der Waals surface area (Å²) in [4.78, 5) is 0. The Hall–Kier alpha value is -0.0400. The van der Waals surface area contributed by atoms with Crippen molar-refractivity contribution < 1.29 is 0 Å². The summed E-state index contributed by atoms with van der Waals surface area (Å²) in [6.45, 7) is 3.14. The molecule has 0 spiro atoms. The molecule has 0 unspecified atom stereocenters. The van der Waals surface area contributed by atoms with Crippen LogP contribution in [0.15, 0.2) is 0 Å². The minimum atomic E-state index is 0. The highest BCUT2D eigenvalue weighted by Crippen LogP contribution is 1.34. The van der Waals surface area contributed by atoms with E-state index in [-0.39, 0.29) is 7.43 Å². The smallest absolute Gasteiger partial charge is 0.00804 e. The zero-order valence-electron chi connectivity index (χ0n) is 3.21. The molecule has 5 heavy (non-hydrogen) atoms. The largest absolute Gasteiger partial charge is 0.320 e. The SMILES string of the molecule is C.CCNC. The van der Waals surface area contributed by atoms with Crippen molar-refractivity contribution in [3.05, 3.63) is 0 Å². The monoisotopic (exact) mass is 75.1 g/mol. The van der Waals surface area contributed by atoms with Crippen LogP contribution in [0.4, 0.5) is 0 Å². The maximum absolute atomic E-state index is 2.93. The number of nitrogens with one attached hydrogen (secondary N) is 1. The summed E-state index contributed by atoms with van der Waals surface area (Å²) >= 11 is 0. The normalized spacial score (nSPS) is 6.00. The summed E-state index contributed by atoms with van der Waals surface area (Å²) in [5.74, 6) is 0. The van der Waals surface area contributed by atoms with E-state index in [2.05, 4.69) is 12.2 Å². The van der Waals surface area contributed by atoms with Crippen molar-refractivity contribution >= 4 is 0 Å². The van der Waals surface area contributed by atoms with E-state index in [1.54, 1.807) is 0 Å². The van der Waals surface area contributed by atoms with Gasteiger partial charge in [0.1, 0.15) is 0 Å². The van der Waals surface area contributed by atoms with Crippen LogP contribution in [0.3, 0.4) is 0 Å². The number of hydrogen-bond acceptors (Lipinski definition) is 1. The van der Waals surface area contributed by atoms with E-state index in [9.17, 15) is 0 Å². The minimum absolute atomic E-state index is 0. The van der Waals surface area contributed by atoms with Crippen molar-refractivity contribution in [3.63, 3.8) is 0 Å². The summed E-state index contributed by atoms with van der Waals surface area (Å²) in [6, 6.07) is 0. The summed E-state index contributed by atoms with van der Waals surface area (Å²) in [6.07, 6.45) is 0. The first-order chi connectivity index (χ1) is 1.91. The van der Waals surface area contributed by atoms with Crippen LogP contribution >= 0.6 is 0 Å². The minimum Gasteiger partial charge on any atom is -0.320 e. The molecule has 0 heterocycles. The second-order valence-corrected chi connectivity index (χ2v) is 0.707. The van der Waals surface area contributed by atoms with Crippen LogP contribution in [0.25, 0.3) is 0 Å². The standard InChI is InChI=1S/C3H9N.CH4/c1-3-4-2;/h4H,3H2,1-2H3;1H4. The summed E-state index contributed by atoms with van der Waals surface area (Å²) in [7, 11) is 1.93. The fraction of sp³-hybridized carbons (Fsp3) is 1.00. The first-order valence-electron chi connectivity index (χ1n) is 1.56. The van der Waals surface area contributed by atoms with E-state index in [1.807, 2.05) is 7.05 Å². The Bertz CT molecular complexity index is 5.61. The number of hydrogen-bond donors (Lipinski definition) is 1. The number of rotatable bonds is 1. The Morgan fingerprint density at radius 3 is 1.80 bits per heavy atom. The Morgan fingerprint density at radius 2 is 1.80 bits per heavy atom. The van der Waals surface area contributed by atoms with Gasteiger partial charge in [0, 0.05) is 0 Å². The summed E-state index contributed by atoms with van der Waals surface area (Å²) in [5.41, 5.74) is 0. The lowest BCUT2D eigenvalue weighted by molar-refractivity contribution is 0.864. The van der Waals surface area contributed by atoms with Crippen LogP contribution in [0.2, 0.25) is 0 Å². The van der Waals surface area contributed by atoms with Crippen molar-refractivity contribution in [1.82, 2.24) is 5.32 Å². The molecule has 0 radical (unpaired) electrons. The second-order valence-electron chi connectivity index (χ2n) is 0.707. The van der Waals surface area contributed by atoms with E-state index < -0.39 is 0 Å². The molecule has 1 N–H and O–H groups in total. The molecule has 1 nitrogen and oxygen atoms in total.